The lowest BCUT2D eigenvalue weighted by Crippen LogP contribution is -2.28. The van der Waals surface area contributed by atoms with Gasteiger partial charge < -0.3 is 5.73 Å². The summed E-state index contributed by atoms with van der Waals surface area (Å²) >= 11 is 0. The van der Waals surface area contributed by atoms with Crippen LogP contribution in [0.4, 0.5) is 17.6 Å². The van der Waals surface area contributed by atoms with Crippen LogP contribution in [0.5, 0.6) is 0 Å². The summed E-state index contributed by atoms with van der Waals surface area (Å²) in [6.07, 6.45) is -0.639. The van der Waals surface area contributed by atoms with Gasteiger partial charge in [0.25, 0.3) is 5.92 Å². The standard InChI is InChI=1S/C9H7F4N/c10-5-1-2-7(11)6(3-5)8(14)4-9(8,12)13/h1-3H,4,14H2. The van der Waals surface area contributed by atoms with Gasteiger partial charge in [0, 0.05) is 12.0 Å². The molecule has 2 N–H and O–H groups in total. The van der Waals surface area contributed by atoms with Crippen molar-refractivity contribution >= 4 is 0 Å². The molecule has 0 spiro atoms. The molecule has 0 bridgehead atoms. The van der Waals surface area contributed by atoms with E-state index in [0.717, 1.165) is 18.2 Å². The molecule has 1 aromatic rings. The Labute approximate surface area is 77.5 Å². The van der Waals surface area contributed by atoms with Crippen molar-refractivity contribution in [3.63, 3.8) is 0 Å². The average Bonchev–Trinajstić information content (AvgIpc) is 2.58. The van der Waals surface area contributed by atoms with Crippen LogP contribution in [0.25, 0.3) is 0 Å². The van der Waals surface area contributed by atoms with Crippen LogP contribution in [0.2, 0.25) is 0 Å². The first-order valence-electron chi connectivity index (χ1n) is 3.99. The zero-order chi connectivity index (χ0) is 10.6. The maximum absolute atomic E-state index is 13.1. The van der Waals surface area contributed by atoms with Gasteiger partial charge in [0.05, 0.1) is 0 Å². The van der Waals surface area contributed by atoms with Gasteiger partial charge in [0.2, 0.25) is 0 Å². The van der Waals surface area contributed by atoms with Gasteiger partial charge in [-0.1, -0.05) is 0 Å². The van der Waals surface area contributed by atoms with Crippen LogP contribution < -0.4 is 5.73 Å². The molecule has 0 amide bonds. The number of halogens is 4. The van der Waals surface area contributed by atoms with Crippen LogP contribution in [-0.4, -0.2) is 5.92 Å². The summed E-state index contributed by atoms with van der Waals surface area (Å²) in [7, 11) is 0. The van der Waals surface area contributed by atoms with E-state index in [1.54, 1.807) is 0 Å². The van der Waals surface area contributed by atoms with Gasteiger partial charge in [-0.2, -0.15) is 0 Å². The summed E-state index contributed by atoms with van der Waals surface area (Å²) < 4.78 is 51.3. The summed E-state index contributed by atoms with van der Waals surface area (Å²) in [5.41, 5.74) is 2.77. The molecule has 0 radical (unpaired) electrons. The highest BCUT2D eigenvalue weighted by molar-refractivity contribution is 5.37. The first kappa shape index (κ1) is 9.45. The molecular formula is C9H7F4N. The molecule has 14 heavy (non-hydrogen) atoms. The first-order valence-corrected chi connectivity index (χ1v) is 3.99. The monoisotopic (exact) mass is 205 g/mol. The third-order valence-corrected chi connectivity index (χ3v) is 2.44. The molecule has 1 aliphatic rings. The maximum Gasteiger partial charge on any atom is 0.272 e. The quantitative estimate of drug-likeness (QED) is 0.698. The van der Waals surface area contributed by atoms with Crippen LogP contribution in [0, 0.1) is 11.6 Å². The van der Waals surface area contributed by atoms with Gasteiger partial charge in [-0.3, -0.25) is 0 Å². The van der Waals surface area contributed by atoms with Crippen molar-refractivity contribution in [1.29, 1.82) is 0 Å². The van der Waals surface area contributed by atoms with E-state index < -0.39 is 35.1 Å². The molecule has 0 saturated heterocycles. The molecule has 2 rings (SSSR count). The van der Waals surface area contributed by atoms with E-state index >= 15 is 0 Å². The first-order chi connectivity index (χ1) is 6.37. The summed E-state index contributed by atoms with van der Waals surface area (Å²) in [5, 5.41) is 0. The van der Waals surface area contributed by atoms with E-state index in [1.165, 1.54) is 0 Å². The number of hydrogen-bond donors (Lipinski definition) is 1. The molecule has 1 atom stereocenters. The van der Waals surface area contributed by atoms with Crippen molar-refractivity contribution in [3.8, 4) is 0 Å². The topological polar surface area (TPSA) is 26.0 Å². The molecule has 1 saturated carbocycles. The minimum atomic E-state index is -3.14. The summed E-state index contributed by atoms with van der Waals surface area (Å²) in [5.74, 6) is -4.80. The minimum Gasteiger partial charge on any atom is -0.316 e. The molecule has 0 heterocycles. The smallest absolute Gasteiger partial charge is 0.272 e. The molecule has 5 heteroatoms. The second-order valence-electron chi connectivity index (χ2n) is 3.48. The van der Waals surface area contributed by atoms with Crippen LogP contribution >= 0.6 is 0 Å². The summed E-state index contributed by atoms with van der Waals surface area (Å²) in [6.45, 7) is 0. The fourth-order valence-corrected chi connectivity index (χ4v) is 1.44. The summed E-state index contributed by atoms with van der Waals surface area (Å²) in [4.78, 5) is 0. The minimum absolute atomic E-state index is 0.456. The molecule has 1 fully saturated rings. The fourth-order valence-electron chi connectivity index (χ4n) is 1.44. The Morgan fingerprint density at radius 1 is 1.21 bits per heavy atom. The van der Waals surface area contributed by atoms with Gasteiger partial charge in [0.1, 0.15) is 17.2 Å². The summed E-state index contributed by atoms with van der Waals surface area (Å²) in [6, 6.07) is 2.38. The molecule has 76 valence electrons. The number of rotatable bonds is 1. The van der Waals surface area contributed by atoms with E-state index in [4.69, 9.17) is 5.73 Å². The van der Waals surface area contributed by atoms with Crippen LogP contribution in [-0.2, 0) is 5.54 Å². The Hall–Kier alpha value is -1.10. The molecule has 1 aliphatic carbocycles. The van der Waals surface area contributed by atoms with Crippen molar-refractivity contribution in [3.05, 3.63) is 35.4 Å². The molecule has 1 aromatic carbocycles. The van der Waals surface area contributed by atoms with Crippen molar-refractivity contribution < 1.29 is 17.6 Å². The number of hydrogen-bond acceptors (Lipinski definition) is 1. The second kappa shape index (κ2) is 2.48. The predicted molar refractivity (Wildman–Crippen MR) is 41.8 cm³/mol. The lowest BCUT2D eigenvalue weighted by molar-refractivity contribution is 0.0881. The molecule has 1 nitrogen and oxygen atoms in total. The van der Waals surface area contributed by atoms with E-state index in [-0.39, 0.29) is 0 Å². The van der Waals surface area contributed by atoms with E-state index in [0.29, 0.717) is 0 Å². The van der Waals surface area contributed by atoms with E-state index in [9.17, 15) is 17.6 Å². The van der Waals surface area contributed by atoms with Gasteiger partial charge >= 0.3 is 0 Å². The van der Waals surface area contributed by atoms with Crippen molar-refractivity contribution in [2.24, 2.45) is 5.73 Å². The van der Waals surface area contributed by atoms with Crippen LogP contribution in [0.1, 0.15) is 12.0 Å². The average molecular weight is 205 g/mol. The zero-order valence-corrected chi connectivity index (χ0v) is 7.03. The Morgan fingerprint density at radius 2 is 1.79 bits per heavy atom. The Kier molecular flexibility index (Phi) is 1.67. The van der Waals surface area contributed by atoms with Gasteiger partial charge in [0.15, 0.2) is 0 Å². The lowest BCUT2D eigenvalue weighted by atomic mass is 10.0. The second-order valence-corrected chi connectivity index (χ2v) is 3.48. The third-order valence-electron chi connectivity index (χ3n) is 2.44. The van der Waals surface area contributed by atoms with Gasteiger partial charge in [-0.15, -0.1) is 0 Å². The number of benzene rings is 1. The zero-order valence-electron chi connectivity index (χ0n) is 7.03. The van der Waals surface area contributed by atoms with Crippen LogP contribution in [0.3, 0.4) is 0 Å². The highest BCUT2D eigenvalue weighted by Crippen LogP contribution is 2.57. The van der Waals surface area contributed by atoms with Crippen LogP contribution in [0.15, 0.2) is 18.2 Å². The highest BCUT2D eigenvalue weighted by Gasteiger charge is 2.70. The number of nitrogens with two attached hydrogens (primary N) is 1. The van der Waals surface area contributed by atoms with Crippen molar-refractivity contribution in [2.75, 3.05) is 0 Å². The number of alkyl halides is 2. The predicted octanol–water partition coefficient (Wildman–Crippen LogP) is 2.16. The fraction of sp³-hybridized carbons (Fsp3) is 0.333. The Balaban J connectivity index is 2.48. The van der Waals surface area contributed by atoms with Crippen molar-refractivity contribution in [1.82, 2.24) is 0 Å². The molecular weight excluding hydrogens is 198 g/mol. The molecule has 1 unspecified atom stereocenters. The highest BCUT2D eigenvalue weighted by atomic mass is 19.3. The Bertz CT molecular complexity index is 390. The van der Waals surface area contributed by atoms with Crippen molar-refractivity contribution in [2.45, 2.75) is 17.9 Å². The van der Waals surface area contributed by atoms with Gasteiger partial charge in [-0.25, -0.2) is 17.6 Å². The SMILES string of the molecule is NC1(c2cc(F)ccc2F)CC1(F)F. The van der Waals surface area contributed by atoms with E-state index in [2.05, 4.69) is 0 Å². The lowest BCUT2D eigenvalue weighted by Gasteiger charge is -2.11. The maximum atomic E-state index is 13.1. The molecule has 0 aliphatic heterocycles. The molecule has 0 aromatic heterocycles. The Morgan fingerprint density at radius 3 is 2.29 bits per heavy atom. The van der Waals surface area contributed by atoms with E-state index in [1.807, 2.05) is 0 Å². The largest absolute Gasteiger partial charge is 0.316 e. The third kappa shape index (κ3) is 1.12. The van der Waals surface area contributed by atoms with Gasteiger partial charge in [-0.05, 0) is 18.2 Å². The normalized spacial score (nSPS) is 28.9.